The molecule has 0 N–H and O–H groups in total. The summed E-state index contributed by atoms with van der Waals surface area (Å²) in [4.78, 5) is 14.6. The molecule has 0 bridgehead atoms. The zero-order valence-corrected chi connectivity index (χ0v) is 17.9. The summed E-state index contributed by atoms with van der Waals surface area (Å²) >= 11 is 7.50. The Morgan fingerprint density at radius 2 is 1.76 bits per heavy atom. The van der Waals surface area contributed by atoms with Gasteiger partial charge in [-0.1, -0.05) is 60.6 Å². The van der Waals surface area contributed by atoms with Crippen molar-refractivity contribution in [1.29, 1.82) is 0 Å². The van der Waals surface area contributed by atoms with Crippen molar-refractivity contribution in [3.8, 4) is 17.1 Å². The molecule has 0 spiro atoms. The van der Waals surface area contributed by atoms with Crippen LogP contribution in [0.5, 0.6) is 0 Å². The molecule has 2 heterocycles. The van der Waals surface area contributed by atoms with Crippen molar-refractivity contribution in [1.82, 2.24) is 19.7 Å². The molecule has 1 aliphatic rings. The Kier molecular flexibility index (Phi) is 6.21. The number of hydrogen-bond acceptors (Lipinski definition) is 4. The number of benzene rings is 2. The van der Waals surface area contributed by atoms with E-state index in [1.54, 1.807) is 0 Å². The van der Waals surface area contributed by atoms with Crippen LogP contribution < -0.4 is 0 Å². The minimum absolute atomic E-state index is 0.161. The van der Waals surface area contributed by atoms with E-state index >= 15 is 0 Å². The first kappa shape index (κ1) is 20.0. The van der Waals surface area contributed by atoms with E-state index in [4.69, 9.17) is 11.6 Å². The highest BCUT2D eigenvalue weighted by molar-refractivity contribution is 7.99. The van der Waals surface area contributed by atoms with Crippen molar-refractivity contribution in [3.05, 3.63) is 59.6 Å². The molecule has 0 unspecified atom stereocenters. The molecule has 0 saturated carbocycles. The molecule has 0 atom stereocenters. The van der Waals surface area contributed by atoms with Gasteiger partial charge in [0.05, 0.1) is 5.75 Å². The van der Waals surface area contributed by atoms with Gasteiger partial charge in [-0.3, -0.25) is 9.36 Å². The lowest BCUT2D eigenvalue weighted by Gasteiger charge is -2.30. The standard InChI is InChI=1S/C22H23ClN4OS/c1-16-11-13-26(14-12-16)20(28)15-29-22-25-24-21(17-5-3-2-4-6-17)27(22)19-9-7-18(23)8-10-19/h2-10,16H,11-15H2,1H3. The number of carbonyl (C=O) groups excluding carboxylic acids is 1. The zero-order valence-electron chi connectivity index (χ0n) is 16.3. The fourth-order valence-electron chi connectivity index (χ4n) is 3.44. The molecular formula is C22H23ClN4OS. The molecule has 1 aromatic heterocycles. The van der Waals surface area contributed by atoms with Crippen molar-refractivity contribution in [2.75, 3.05) is 18.8 Å². The Hall–Kier alpha value is -2.31. The average molecular weight is 427 g/mol. The van der Waals surface area contributed by atoms with Crippen LogP contribution in [0.2, 0.25) is 5.02 Å². The Labute approximate surface area is 180 Å². The van der Waals surface area contributed by atoms with Crippen molar-refractivity contribution >= 4 is 29.3 Å². The van der Waals surface area contributed by atoms with E-state index in [2.05, 4.69) is 17.1 Å². The summed E-state index contributed by atoms with van der Waals surface area (Å²) in [7, 11) is 0. The molecule has 0 aliphatic carbocycles. The summed E-state index contributed by atoms with van der Waals surface area (Å²) in [6.45, 7) is 3.94. The highest BCUT2D eigenvalue weighted by atomic mass is 35.5. The summed E-state index contributed by atoms with van der Waals surface area (Å²) in [5.41, 5.74) is 1.89. The second kappa shape index (κ2) is 9.01. The number of amides is 1. The summed E-state index contributed by atoms with van der Waals surface area (Å²) < 4.78 is 1.99. The average Bonchev–Trinajstić information content (AvgIpc) is 3.17. The second-order valence-corrected chi connectivity index (χ2v) is 8.71. The van der Waals surface area contributed by atoms with Gasteiger partial charge >= 0.3 is 0 Å². The number of likely N-dealkylation sites (tertiary alicyclic amines) is 1. The van der Waals surface area contributed by atoms with Crippen LogP contribution in [0.4, 0.5) is 0 Å². The Bertz CT molecular complexity index is 966. The van der Waals surface area contributed by atoms with Crippen molar-refractivity contribution < 1.29 is 4.79 Å². The van der Waals surface area contributed by atoms with Crippen LogP contribution in [0, 0.1) is 5.92 Å². The number of hydrogen-bond donors (Lipinski definition) is 0. The third kappa shape index (κ3) is 4.65. The molecule has 1 fully saturated rings. The van der Waals surface area contributed by atoms with Gasteiger partial charge < -0.3 is 4.90 Å². The number of thioether (sulfide) groups is 1. The van der Waals surface area contributed by atoms with Gasteiger partial charge in [0.1, 0.15) is 0 Å². The predicted octanol–water partition coefficient (Wildman–Crippen LogP) is 4.94. The summed E-state index contributed by atoms with van der Waals surface area (Å²) in [5, 5.41) is 10.2. The number of rotatable bonds is 5. The number of piperidine rings is 1. The van der Waals surface area contributed by atoms with Crippen LogP contribution in [0.15, 0.2) is 59.8 Å². The third-order valence-corrected chi connectivity index (χ3v) is 6.38. The van der Waals surface area contributed by atoms with E-state index in [1.165, 1.54) is 11.8 Å². The molecule has 1 amide bonds. The van der Waals surface area contributed by atoms with Gasteiger partial charge in [0, 0.05) is 29.4 Å². The largest absolute Gasteiger partial charge is 0.342 e. The summed E-state index contributed by atoms with van der Waals surface area (Å²) in [6, 6.07) is 17.5. The molecule has 150 valence electrons. The van der Waals surface area contributed by atoms with Crippen molar-refractivity contribution in [2.24, 2.45) is 5.92 Å². The maximum atomic E-state index is 12.7. The summed E-state index contributed by atoms with van der Waals surface area (Å²) in [5.74, 6) is 1.96. The van der Waals surface area contributed by atoms with Gasteiger partial charge in [0.25, 0.3) is 0 Å². The van der Waals surface area contributed by atoms with Gasteiger partial charge in [0.15, 0.2) is 11.0 Å². The third-order valence-electron chi connectivity index (χ3n) is 5.21. The zero-order chi connectivity index (χ0) is 20.2. The van der Waals surface area contributed by atoms with Gasteiger partial charge in [-0.15, -0.1) is 10.2 Å². The van der Waals surface area contributed by atoms with E-state index in [1.807, 2.05) is 64.1 Å². The maximum Gasteiger partial charge on any atom is 0.233 e. The first-order valence-electron chi connectivity index (χ1n) is 9.79. The van der Waals surface area contributed by atoms with Crippen molar-refractivity contribution in [2.45, 2.75) is 24.9 Å². The molecule has 1 aliphatic heterocycles. The quantitative estimate of drug-likeness (QED) is 0.542. The van der Waals surface area contributed by atoms with Crippen LogP contribution >= 0.6 is 23.4 Å². The smallest absolute Gasteiger partial charge is 0.233 e. The molecule has 5 nitrogen and oxygen atoms in total. The predicted molar refractivity (Wildman–Crippen MR) is 118 cm³/mol. The Morgan fingerprint density at radius 3 is 2.45 bits per heavy atom. The Balaban J connectivity index is 1.59. The molecule has 4 rings (SSSR count). The van der Waals surface area contributed by atoms with Crippen LogP contribution in [-0.2, 0) is 4.79 Å². The molecule has 2 aromatic carbocycles. The molecule has 3 aromatic rings. The van der Waals surface area contributed by atoms with Gasteiger partial charge in [-0.25, -0.2) is 0 Å². The number of halogens is 1. The van der Waals surface area contributed by atoms with Crippen LogP contribution in [0.3, 0.4) is 0 Å². The lowest BCUT2D eigenvalue weighted by molar-refractivity contribution is -0.129. The minimum atomic E-state index is 0.161. The fraction of sp³-hybridized carbons (Fsp3) is 0.318. The number of nitrogens with zero attached hydrogens (tertiary/aromatic N) is 4. The van der Waals surface area contributed by atoms with Crippen LogP contribution in [0.1, 0.15) is 19.8 Å². The first-order valence-corrected chi connectivity index (χ1v) is 11.2. The highest BCUT2D eigenvalue weighted by Gasteiger charge is 2.22. The lowest BCUT2D eigenvalue weighted by Crippen LogP contribution is -2.38. The normalized spacial score (nSPS) is 14.9. The van der Waals surface area contributed by atoms with E-state index in [0.717, 1.165) is 43.0 Å². The maximum absolute atomic E-state index is 12.7. The van der Waals surface area contributed by atoms with E-state index in [-0.39, 0.29) is 5.91 Å². The molecular weight excluding hydrogens is 404 g/mol. The molecule has 7 heteroatoms. The minimum Gasteiger partial charge on any atom is -0.342 e. The van der Waals surface area contributed by atoms with Gasteiger partial charge in [-0.2, -0.15) is 0 Å². The van der Waals surface area contributed by atoms with E-state index in [0.29, 0.717) is 21.8 Å². The lowest BCUT2D eigenvalue weighted by atomic mass is 9.99. The number of aromatic nitrogens is 3. The van der Waals surface area contributed by atoms with Crippen LogP contribution in [-0.4, -0.2) is 44.4 Å². The molecule has 0 radical (unpaired) electrons. The van der Waals surface area contributed by atoms with E-state index < -0.39 is 0 Å². The van der Waals surface area contributed by atoms with Gasteiger partial charge in [-0.05, 0) is 43.0 Å². The monoisotopic (exact) mass is 426 g/mol. The van der Waals surface area contributed by atoms with E-state index in [9.17, 15) is 4.79 Å². The SMILES string of the molecule is CC1CCN(C(=O)CSc2nnc(-c3ccccc3)n2-c2ccc(Cl)cc2)CC1. The first-order chi connectivity index (χ1) is 14.1. The summed E-state index contributed by atoms with van der Waals surface area (Å²) in [6.07, 6.45) is 2.16. The Morgan fingerprint density at radius 1 is 1.07 bits per heavy atom. The van der Waals surface area contributed by atoms with Crippen LogP contribution in [0.25, 0.3) is 17.1 Å². The highest BCUT2D eigenvalue weighted by Crippen LogP contribution is 2.29. The number of carbonyl (C=O) groups is 1. The molecule has 29 heavy (non-hydrogen) atoms. The molecule has 1 saturated heterocycles. The second-order valence-electron chi connectivity index (χ2n) is 7.34. The fourth-order valence-corrected chi connectivity index (χ4v) is 4.42. The van der Waals surface area contributed by atoms with Gasteiger partial charge in [0.2, 0.25) is 5.91 Å². The van der Waals surface area contributed by atoms with Crippen molar-refractivity contribution in [3.63, 3.8) is 0 Å². The topological polar surface area (TPSA) is 51.0 Å².